The molecule has 0 saturated heterocycles. The molecule has 0 aliphatic heterocycles. The SMILES string of the molecule is CCCCCCCCC1(CO)CCC1. The van der Waals surface area contributed by atoms with Gasteiger partial charge in [-0.05, 0) is 24.7 Å². The third-order valence-electron chi connectivity index (χ3n) is 3.81. The molecule has 0 aromatic carbocycles. The summed E-state index contributed by atoms with van der Waals surface area (Å²) >= 11 is 0. The predicted octanol–water partition coefficient (Wildman–Crippen LogP) is 3.90. The Bertz CT molecular complexity index is 133. The summed E-state index contributed by atoms with van der Waals surface area (Å²) in [6.07, 6.45) is 13.4. The Balaban J connectivity index is 1.92. The Morgan fingerprint density at radius 2 is 1.64 bits per heavy atom. The molecule has 14 heavy (non-hydrogen) atoms. The second-order valence-electron chi connectivity index (χ2n) is 5.03. The van der Waals surface area contributed by atoms with E-state index < -0.39 is 0 Å². The average Bonchev–Trinajstić information content (AvgIpc) is 2.15. The fourth-order valence-corrected chi connectivity index (χ4v) is 2.44. The molecule has 0 atom stereocenters. The largest absolute Gasteiger partial charge is 0.396 e. The fraction of sp³-hybridized carbons (Fsp3) is 1.00. The van der Waals surface area contributed by atoms with E-state index in [1.165, 1.54) is 64.2 Å². The van der Waals surface area contributed by atoms with Gasteiger partial charge < -0.3 is 5.11 Å². The van der Waals surface area contributed by atoms with Crippen LogP contribution in [0.5, 0.6) is 0 Å². The molecule has 1 heteroatoms. The molecule has 0 heterocycles. The summed E-state index contributed by atoms with van der Waals surface area (Å²) in [6.45, 7) is 2.69. The summed E-state index contributed by atoms with van der Waals surface area (Å²) in [6, 6.07) is 0. The maximum atomic E-state index is 9.28. The van der Waals surface area contributed by atoms with Gasteiger partial charge in [-0.15, -0.1) is 0 Å². The second kappa shape index (κ2) is 6.44. The molecule has 1 rings (SSSR count). The van der Waals surface area contributed by atoms with E-state index in [1.807, 2.05) is 0 Å². The van der Waals surface area contributed by atoms with Crippen molar-refractivity contribution in [3.63, 3.8) is 0 Å². The summed E-state index contributed by atoms with van der Waals surface area (Å²) in [7, 11) is 0. The van der Waals surface area contributed by atoms with E-state index in [0.29, 0.717) is 12.0 Å². The van der Waals surface area contributed by atoms with Crippen molar-refractivity contribution < 1.29 is 5.11 Å². The van der Waals surface area contributed by atoms with Gasteiger partial charge in [0.25, 0.3) is 0 Å². The number of rotatable bonds is 8. The van der Waals surface area contributed by atoms with Crippen LogP contribution in [0.3, 0.4) is 0 Å². The quantitative estimate of drug-likeness (QED) is 0.586. The summed E-state index contributed by atoms with van der Waals surface area (Å²) in [5.41, 5.74) is 0.366. The van der Waals surface area contributed by atoms with Crippen LogP contribution in [0.15, 0.2) is 0 Å². The number of hydrogen-bond acceptors (Lipinski definition) is 1. The second-order valence-corrected chi connectivity index (χ2v) is 5.03. The minimum absolute atomic E-state index is 0.366. The molecular formula is C13H26O. The van der Waals surface area contributed by atoms with Crippen molar-refractivity contribution in [3.8, 4) is 0 Å². The van der Waals surface area contributed by atoms with Crippen molar-refractivity contribution in [1.82, 2.24) is 0 Å². The average molecular weight is 198 g/mol. The molecule has 0 amide bonds. The van der Waals surface area contributed by atoms with Crippen LogP contribution < -0.4 is 0 Å². The maximum absolute atomic E-state index is 9.28. The number of unbranched alkanes of at least 4 members (excludes halogenated alkanes) is 5. The van der Waals surface area contributed by atoms with Crippen LogP contribution in [0.1, 0.15) is 71.1 Å². The summed E-state index contributed by atoms with van der Waals surface area (Å²) in [4.78, 5) is 0. The van der Waals surface area contributed by atoms with Crippen molar-refractivity contribution in [2.45, 2.75) is 71.1 Å². The molecule has 1 fully saturated rings. The topological polar surface area (TPSA) is 20.2 Å². The lowest BCUT2D eigenvalue weighted by Gasteiger charge is -2.40. The van der Waals surface area contributed by atoms with Gasteiger partial charge in [0, 0.05) is 6.61 Å². The molecule has 0 aromatic rings. The Morgan fingerprint density at radius 1 is 1.00 bits per heavy atom. The van der Waals surface area contributed by atoms with E-state index in [2.05, 4.69) is 6.92 Å². The van der Waals surface area contributed by atoms with Crippen LogP contribution in [-0.2, 0) is 0 Å². The monoisotopic (exact) mass is 198 g/mol. The highest BCUT2D eigenvalue weighted by atomic mass is 16.3. The lowest BCUT2D eigenvalue weighted by molar-refractivity contribution is 0.0336. The number of aliphatic hydroxyl groups excluding tert-OH is 1. The molecule has 1 aliphatic carbocycles. The molecule has 0 radical (unpaired) electrons. The summed E-state index contributed by atoms with van der Waals surface area (Å²) < 4.78 is 0. The van der Waals surface area contributed by atoms with E-state index in [4.69, 9.17) is 0 Å². The van der Waals surface area contributed by atoms with Crippen LogP contribution in [0, 0.1) is 5.41 Å². The molecular weight excluding hydrogens is 172 g/mol. The van der Waals surface area contributed by atoms with Crippen molar-refractivity contribution in [3.05, 3.63) is 0 Å². The minimum atomic E-state index is 0.366. The van der Waals surface area contributed by atoms with Gasteiger partial charge in [0.2, 0.25) is 0 Å². The standard InChI is InChI=1S/C13H26O/c1-2-3-4-5-6-7-9-13(12-14)10-8-11-13/h14H,2-12H2,1H3. The minimum Gasteiger partial charge on any atom is -0.396 e. The van der Waals surface area contributed by atoms with Crippen molar-refractivity contribution in [1.29, 1.82) is 0 Å². The van der Waals surface area contributed by atoms with Gasteiger partial charge in [-0.3, -0.25) is 0 Å². The van der Waals surface area contributed by atoms with Gasteiger partial charge in [0.1, 0.15) is 0 Å². The summed E-state index contributed by atoms with van der Waals surface area (Å²) in [5.74, 6) is 0. The highest BCUT2D eigenvalue weighted by molar-refractivity contribution is 4.86. The van der Waals surface area contributed by atoms with Gasteiger partial charge in [0.15, 0.2) is 0 Å². The van der Waals surface area contributed by atoms with E-state index in [1.54, 1.807) is 0 Å². The van der Waals surface area contributed by atoms with Crippen molar-refractivity contribution in [2.24, 2.45) is 5.41 Å². The van der Waals surface area contributed by atoms with E-state index in [9.17, 15) is 5.11 Å². The van der Waals surface area contributed by atoms with Gasteiger partial charge in [-0.1, -0.05) is 51.9 Å². The molecule has 0 unspecified atom stereocenters. The lowest BCUT2D eigenvalue weighted by atomic mass is 9.66. The molecule has 0 bridgehead atoms. The first-order valence-corrected chi connectivity index (χ1v) is 6.44. The van der Waals surface area contributed by atoms with Crippen LogP contribution in [0.2, 0.25) is 0 Å². The first-order chi connectivity index (χ1) is 6.83. The Hall–Kier alpha value is -0.0400. The van der Waals surface area contributed by atoms with Gasteiger partial charge in [-0.25, -0.2) is 0 Å². The summed E-state index contributed by atoms with van der Waals surface area (Å²) in [5, 5.41) is 9.28. The molecule has 1 nitrogen and oxygen atoms in total. The highest BCUT2D eigenvalue weighted by Gasteiger charge is 2.35. The van der Waals surface area contributed by atoms with E-state index in [0.717, 1.165) is 0 Å². The smallest absolute Gasteiger partial charge is 0.0487 e. The van der Waals surface area contributed by atoms with Crippen molar-refractivity contribution >= 4 is 0 Å². The number of hydrogen-bond donors (Lipinski definition) is 1. The zero-order valence-electron chi connectivity index (χ0n) is 9.73. The molecule has 0 aromatic heterocycles. The number of aliphatic hydroxyl groups is 1. The van der Waals surface area contributed by atoms with Crippen LogP contribution in [0.4, 0.5) is 0 Å². The zero-order chi connectivity index (χ0) is 10.3. The van der Waals surface area contributed by atoms with Crippen molar-refractivity contribution in [2.75, 3.05) is 6.61 Å². The Morgan fingerprint density at radius 3 is 2.14 bits per heavy atom. The van der Waals surface area contributed by atoms with E-state index in [-0.39, 0.29) is 0 Å². The van der Waals surface area contributed by atoms with Gasteiger partial charge in [0.05, 0.1) is 0 Å². The van der Waals surface area contributed by atoms with Crippen LogP contribution >= 0.6 is 0 Å². The first kappa shape index (κ1) is 12.0. The predicted molar refractivity (Wildman–Crippen MR) is 61.4 cm³/mol. The lowest BCUT2D eigenvalue weighted by Crippen LogP contribution is -2.33. The Kier molecular flexibility index (Phi) is 5.54. The van der Waals surface area contributed by atoms with Crippen LogP contribution in [-0.4, -0.2) is 11.7 Å². The zero-order valence-corrected chi connectivity index (χ0v) is 9.73. The maximum Gasteiger partial charge on any atom is 0.0487 e. The molecule has 0 spiro atoms. The fourth-order valence-electron chi connectivity index (χ4n) is 2.44. The molecule has 1 aliphatic rings. The molecule has 1 N–H and O–H groups in total. The molecule has 1 saturated carbocycles. The van der Waals surface area contributed by atoms with E-state index >= 15 is 0 Å². The molecule has 84 valence electrons. The van der Waals surface area contributed by atoms with Crippen LogP contribution in [0.25, 0.3) is 0 Å². The third kappa shape index (κ3) is 3.61. The first-order valence-electron chi connectivity index (χ1n) is 6.44. The van der Waals surface area contributed by atoms with Gasteiger partial charge in [-0.2, -0.15) is 0 Å². The normalized spacial score (nSPS) is 19.3. The van der Waals surface area contributed by atoms with Gasteiger partial charge >= 0.3 is 0 Å². The Labute approximate surface area is 88.9 Å². The highest BCUT2D eigenvalue weighted by Crippen LogP contribution is 2.44. The third-order valence-corrected chi connectivity index (χ3v) is 3.81.